The lowest BCUT2D eigenvalue weighted by atomic mass is 10.6. The summed E-state index contributed by atoms with van der Waals surface area (Å²) < 4.78 is 1.51. The highest BCUT2D eigenvalue weighted by atomic mass is 16.3. The number of hydrogen-bond donors (Lipinski definition) is 2. The summed E-state index contributed by atoms with van der Waals surface area (Å²) in [6.45, 7) is -1.20. The molecule has 0 saturated heterocycles. The van der Waals surface area contributed by atoms with Gasteiger partial charge >= 0.3 is 5.69 Å². The van der Waals surface area contributed by atoms with Crippen LogP contribution in [0.1, 0.15) is 0 Å². The molecule has 1 heterocycles. The van der Waals surface area contributed by atoms with Crippen molar-refractivity contribution in [2.45, 2.75) is 13.5 Å². The van der Waals surface area contributed by atoms with E-state index in [1.54, 1.807) is 0 Å². The van der Waals surface area contributed by atoms with Crippen molar-refractivity contribution < 1.29 is 10.2 Å². The maximum absolute atomic E-state index is 11.1. The Bertz CT molecular complexity index is 378. The monoisotopic (exact) mass is 172 g/mol. The van der Waals surface area contributed by atoms with E-state index in [1.165, 1.54) is 0 Å². The number of aliphatic hydroxyl groups is 2. The van der Waals surface area contributed by atoms with Crippen molar-refractivity contribution in [3.05, 3.63) is 33.1 Å². The van der Waals surface area contributed by atoms with Crippen LogP contribution in [0, 0.1) is 0 Å². The van der Waals surface area contributed by atoms with Crippen molar-refractivity contribution in [2.75, 3.05) is 0 Å². The summed E-state index contributed by atoms with van der Waals surface area (Å²) in [7, 11) is 0. The van der Waals surface area contributed by atoms with Gasteiger partial charge in [0.2, 0.25) is 0 Å². The van der Waals surface area contributed by atoms with E-state index in [0.717, 1.165) is 16.8 Å². The van der Waals surface area contributed by atoms with Crippen LogP contribution in [0.4, 0.5) is 0 Å². The number of aliphatic hydroxyl groups excluding tert-OH is 2. The molecule has 0 aromatic carbocycles. The molecule has 12 heavy (non-hydrogen) atoms. The van der Waals surface area contributed by atoms with Crippen molar-refractivity contribution in [3.63, 3.8) is 0 Å². The van der Waals surface area contributed by atoms with Gasteiger partial charge in [-0.1, -0.05) is 0 Å². The van der Waals surface area contributed by atoms with Crippen LogP contribution < -0.4 is 11.2 Å². The Balaban J connectivity index is 3.45. The second-order valence-corrected chi connectivity index (χ2v) is 2.12. The van der Waals surface area contributed by atoms with E-state index >= 15 is 0 Å². The molecule has 0 saturated carbocycles. The van der Waals surface area contributed by atoms with Gasteiger partial charge in [0, 0.05) is 12.3 Å². The standard InChI is InChI=1S/C6H8N2O4/c9-3-7-2-1-5(11)8(4-10)6(7)12/h1-2,9-10H,3-4H2. The second kappa shape index (κ2) is 3.33. The molecule has 0 bridgehead atoms. The van der Waals surface area contributed by atoms with Gasteiger partial charge in [0.1, 0.15) is 13.5 Å². The molecule has 2 N–H and O–H groups in total. The van der Waals surface area contributed by atoms with Crippen molar-refractivity contribution in [2.24, 2.45) is 0 Å². The maximum atomic E-state index is 11.1. The molecule has 1 aromatic heterocycles. The van der Waals surface area contributed by atoms with Gasteiger partial charge in [-0.15, -0.1) is 0 Å². The van der Waals surface area contributed by atoms with Crippen LogP contribution in [0.3, 0.4) is 0 Å². The molecule has 0 atom stereocenters. The normalized spacial score (nSPS) is 10.2. The summed E-state index contributed by atoms with van der Waals surface area (Å²) in [6, 6.07) is 1.09. The fourth-order valence-corrected chi connectivity index (χ4v) is 0.795. The summed E-state index contributed by atoms with van der Waals surface area (Å²) in [5.41, 5.74) is -1.32. The van der Waals surface area contributed by atoms with Crippen molar-refractivity contribution in [1.29, 1.82) is 0 Å². The lowest BCUT2D eigenvalue weighted by molar-refractivity contribution is 0.175. The highest BCUT2D eigenvalue weighted by molar-refractivity contribution is 4.84. The first-order chi connectivity index (χ1) is 5.70. The van der Waals surface area contributed by atoms with E-state index in [0.29, 0.717) is 4.57 Å². The number of nitrogens with zero attached hydrogens (tertiary/aromatic N) is 2. The fourth-order valence-electron chi connectivity index (χ4n) is 0.795. The fraction of sp³-hybridized carbons (Fsp3) is 0.333. The van der Waals surface area contributed by atoms with Crippen LogP contribution in [-0.4, -0.2) is 19.3 Å². The van der Waals surface area contributed by atoms with Crippen LogP contribution in [0.15, 0.2) is 21.9 Å². The molecular weight excluding hydrogens is 164 g/mol. The molecule has 0 aliphatic rings. The Kier molecular flexibility index (Phi) is 2.41. The Morgan fingerprint density at radius 1 is 1.25 bits per heavy atom. The molecule has 0 aliphatic heterocycles. The molecule has 6 heteroatoms. The largest absolute Gasteiger partial charge is 0.376 e. The summed E-state index contributed by atoms with van der Waals surface area (Å²) in [6.07, 6.45) is 1.16. The van der Waals surface area contributed by atoms with Crippen LogP contribution >= 0.6 is 0 Å². The van der Waals surface area contributed by atoms with Crippen LogP contribution in [0.5, 0.6) is 0 Å². The van der Waals surface area contributed by atoms with Crippen LogP contribution in [0.25, 0.3) is 0 Å². The highest BCUT2D eigenvalue weighted by Gasteiger charge is 2.01. The molecule has 66 valence electrons. The van der Waals surface area contributed by atoms with Crippen molar-refractivity contribution in [1.82, 2.24) is 9.13 Å². The topological polar surface area (TPSA) is 84.5 Å². The molecule has 0 fully saturated rings. The van der Waals surface area contributed by atoms with E-state index in [-0.39, 0.29) is 0 Å². The third-order valence-electron chi connectivity index (χ3n) is 1.43. The Morgan fingerprint density at radius 2 is 1.92 bits per heavy atom. The molecule has 1 rings (SSSR count). The van der Waals surface area contributed by atoms with E-state index in [2.05, 4.69) is 0 Å². The zero-order chi connectivity index (χ0) is 9.14. The SMILES string of the molecule is O=c1ccn(CO)c(=O)n1CO. The number of rotatable bonds is 2. The first kappa shape index (κ1) is 8.69. The molecule has 0 radical (unpaired) electrons. The van der Waals surface area contributed by atoms with Crippen molar-refractivity contribution in [3.8, 4) is 0 Å². The zero-order valence-electron chi connectivity index (χ0n) is 6.17. The Morgan fingerprint density at radius 3 is 2.42 bits per heavy atom. The minimum atomic E-state index is -0.729. The molecule has 6 nitrogen and oxygen atoms in total. The Hall–Kier alpha value is -1.40. The number of aromatic nitrogens is 2. The third-order valence-corrected chi connectivity index (χ3v) is 1.43. The summed E-state index contributed by atoms with van der Waals surface area (Å²) in [4.78, 5) is 21.9. The van der Waals surface area contributed by atoms with Gasteiger partial charge in [0.05, 0.1) is 0 Å². The van der Waals surface area contributed by atoms with Gasteiger partial charge in [0.15, 0.2) is 0 Å². The maximum Gasteiger partial charge on any atom is 0.334 e. The van der Waals surface area contributed by atoms with Gasteiger partial charge in [-0.3, -0.25) is 9.36 Å². The van der Waals surface area contributed by atoms with Gasteiger partial charge in [0.25, 0.3) is 5.56 Å². The lowest BCUT2D eigenvalue weighted by Gasteiger charge is -2.03. The van der Waals surface area contributed by atoms with E-state index in [1.807, 2.05) is 0 Å². The first-order valence-corrected chi connectivity index (χ1v) is 3.22. The lowest BCUT2D eigenvalue weighted by Crippen LogP contribution is -2.38. The van der Waals surface area contributed by atoms with Crippen molar-refractivity contribution >= 4 is 0 Å². The molecule has 0 aliphatic carbocycles. The first-order valence-electron chi connectivity index (χ1n) is 3.22. The van der Waals surface area contributed by atoms with Gasteiger partial charge in [-0.05, 0) is 0 Å². The molecule has 0 unspecified atom stereocenters. The minimum Gasteiger partial charge on any atom is -0.376 e. The quantitative estimate of drug-likeness (QED) is 0.535. The number of hydrogen-bond acceptors (Lipinski definition) is 4. The Labute approximate surface area is 66.9 Å². The van der Waals surface area contributed by atoms with E-state index in [4.69, 9.17) is 10.2 Å². The molecule has 0 amide bonds. The van der Waals surface area contributed by atoms with Gasteiger partial charge in [-0.2, -0.15) is 0 Å². The minimum absolute atomic E-state index is 0.515. The summed E-state index contributed by atoms with van der Waals surface area (Å²) in [5.74, 6) is 0. The highest BCUT2D eigenvalue weighted by Crippen LogP contribution is 1.74. The van der Waals surface area contributed by atoms with Crippen LogP contribution in [0.2, 0.25) is 0 Å². The average Bonchev–Trinajstić information content (AvgIpc) is 2.06. The second-order valence-electron chi connectivity index (χ2n) is 2.12. The van der Waals surface area contributed by atoms with Gasteiger partial charge < -0.3 is 10.2 Å². The molecule has 0 spiro atoms. The summed E-state index contributed by atoms with van der Waals surface area (Å²) >= 11 is 0. The molecular formula is C6H8N2O4. The average molecular weight is 172 g/mol. The predicted molar refractivity (Wildman–Crippen MR) is 39.4 cm³/mol. The smallest absolute Gasteiger partial charge is 0.334 e. The predicted octanol–water partition coefficient (Wildman–Crippen LogP) is -2.09. The molecule has 1 aromatic rings. The zero-order valence-corrected chi connectivity index (χ0v) is 6.17. The third kappa shape index (κ3) is 1.29. The van der Waals surface area contributed by atoms with Crippen LogP contribution in [-0.2, 0) is 13.5 Å². The van der Waals surface area contributed by atoms with E-state index in [9.17, 15) is 9.59 Å². The van der Waals surface area contributed by atoms with E-state index < -0.39 is 24.7 Å². The summed E-state index contributed by atoms with van der Waals surface area (Å²) in [5, 5.41) is 17.2. The van der Waals surface area contributed by atoms with Gasteiger partial charge in [-0.25, -0.2) is 9.36 Å².